The molecule has 0 saturated carbocycles. The van der Waals surface area contributed by atoms with Gasteiger partial charge in [-0.05, 0) is 25.1 Å². The van der Waals surface area contributed by atoms with Crippen LogP contribution in [-0.2, 0) is 10.0 Å². The Morgan fingerprint density at radius 1 is 1.29 bits per heavy atom. The van der Waals surface area contributed by atoms with Gasteiger partial charge in [-0.2, -0.15) is 11.8 Å². The van der Waals surface area contributed by atoms with E-state index in [0.717, 1.165) is 0 Å². The van der Waals surface area contributed by atoms with Gasteiger partial charge in [-0.1, -0.05) is 20.8 Å². The summed E-state index contributed by atoms with van der Waals surface area (Å²) in [7, 11) is -2.23. The first-order valence-electron chi connectivity index (χ1n) is 7.70. The first-order chi connectivity index (χ1) is 11.1. The Kier molecular flexibility index (Phi) is 7.56. The van der Waals surface area contributed by atoms with Crippen molar-refractivity contribution in [2.45, 2.75) is 37.3 Å². The van der Waals surface area contributed by atoms with E-state index in [4.69, 9.17) is 4.74 Å². The molecule has 2 N–H and O–H groups in total. The van der Waals surface area contributed by atoms with Gasteiger partial charge in [-0.25, -0.2) is 13.1 Å². The molecule has 0 aliphatic rings. The normalized spacial score (nSPS) is 12.0. The van der Waals surface area contributed by atoms with Gasteiger partial charge in [0, 0.05) is 23.6 Å². The lowest BCUT2D eigenvalue weighted by molar-refractivity contribution is 0.0952. The predicted octanol–water partition coefficient (Wildman–Crippen LogP) is 2.25. The van der Waals surface area contributed by atoms with Crippen LogP contribution in [0.15, 0.2) is 23.1 Å². The van der Waals surface area contributed by atoms with Crippen LogP contribution in [0, 0.1) is 0 Å². The Bertz CT molecular complexity index is 667. The maximum Gasteiger partial charge on any atom is 0.255 e. The zero-order valence-corrected chi connectivity index (χ0v) is 16.4. The molecule has 1 aromatic rings. The van der Waals surface area contributed by atoms with Gasteiger partial charge in [0.05, 0.1) is 17.6 Å². The molecule has 0 atom stereocenters. The van der Waals surface area contributed by atoms with Crippen molar-refractivity contribution < 1.29 is 17.9 Å². The van der Waals surface area contributed by atoms with Crippen LogP contribution < -0.4 is 14.8 Å². The van der Waals surface area contributed by atoms with Crippen LogP contribution in [0.1, 0.15) is 38.1 Å². The molecule has 24 heavy (non-hydrogen) atoms. The summed E-state index contributed by atoms with van der Waals surface area (Å²) in [5, 5.41) is 2.65. The molecule has 0 radical (unpaired) electrons. The van der Waals surface area contributed by atoms with E-state index in [2.05, 4.69) is 30.8 Å². The summed E-state index contributed by atoms with van der Waals surface area (Å²) in [4.78, 5) is 12.1. The highest BCUT2D eigenvalue weighted by molar-refractivity contribution is 8.00. The molecule has 0 saturated heterocycles. The van der Waals surface area contributed by atoms with Crippen LogP contribution in [0.3, 0.4) is 0 Å². The van der Waals surface area contributed by atoms with Gasteiger partial charge < -0.3 is 10.1 Å². The van der Waals surface area contributed by atoms with E-state index in [1.807, 2.05) is 0 Å². The summed E-state index contributed by atoms with van der Waals surface area (Å²) in [6, 6.07) is 4.26. The minimum Gasteiger partial charge on any atom is -0.496 e. The maximum atomic E-state index is 12.4. The molecule has 1 amide bonds. The Hall–Kier alpha value is -1.25. The highest BCUT2D eigenvalue weighted by Gasteiger charge is 2.19. The van der Waals surface area contributed by atoms with Crippen molar-refractivity contribution in [3.63, 3.8) is 0 Å². The molecule has 1 rings (SSSR count). The molecule has 136 valence electrons. The first kappa shape index (κ1) is 20.8. The smallest absolute Gasteiger partial charge is 0.255 e. The predicted molar refractivity (Wildman–Crippen MR) is 98.4 cm³/mol. The van der Waals surface area contributed by atoms with Crippen LogP contribution in [-0.4, -0.2) is 45.0 Å². The van der Waals surface area contributed by atoms with Gasteiger partial charge in [0.15, 0.2) is 0 Å². The first-order valence-corrected chi connectivity index (χ1v) is 10.2. The fourth-order valence-electron chi connectivity index (χ4n) is 1.90. The lowest BCUT2D eigenvalue weighted by Gasteiger charge is -2.17. The SMILES string of the molecule is CCNC(=O)c1cc(S(=O)(=O)NCCSC(C)(C)C)ccc1OC. The minimum atomic E-state index is -3.67. The fraction of sp³-hybridized carbons (Fsp3) is 0.562. The topological polar surface area (TPSA) is 84.5 Å². The van der Waals surface area contributed by atoms with Crippen LogP contribution in [0.25, 0.3) is 0 Å². The number of benzene rings is 1. The third-order valence-corrected chi connectivity index (χ3v) is 5.73. The van der Waals surface area contributed by atoms with Crippen LogP contribution in [0.5, 0.6) is 5.75 Å². The summed E-state index contributed by atoms with van der Waals surface area (Å²) in [6.07, 6.45) is 0. The van der Waals surface area contributed by atoms with Crippen molar-refractivity contribution >= 4 is 27.7 Å². The number of hydrogen-bond acceptors (Lipinski definition) is 5. The fourth-order valence-corrected chi connectivity index (χ4v) is 3.91. The average molecular weight is 375 g/mol. The highest BCUT2D eigenvalue weighted by atomic mass is 32.2. The van der Waals surface area contributed by atoms with Crippen molar-refractivity contribution in [3.8, 4) is 5.75 Å². The number of carbonyl (C=O) groups is 1. The molecular formula is C16H26N2O4S2. The second-order valence-corrected chi connectivity index (χ2v) is 9.77. The molecule has 0 fully saturated rings. The Morgan fingerprint density at radius 2 is 1.96 bits per heavy atom. The van der Waals surface area contributed by atoms with Gasteiger partial charge in [0.1, 0.15) is 5.75 Å². The number of amides is 1. The van der Waals surface area contributed by atoms with E-state index in [9.17, 15) is 13.2 Å². The van der Waals surface area contributed by atoms with E-state index in [0.29, 0.717) is 24.6 Å². The highest BCUT2D eigenvalue weighted by Crippen LogP contribution is 2.24. The third-order valence-electron chi connectivity index (χ3n) is 2.99. The van der Waals surface area contributed by atoms with E-state index in [-0.39, 0.29) is 21.1 Å². The molecular weight excluding hydrogens is 348 g/mol. The molecule has 1 aromatic carbocycles. The second-order valence-electron chi connectivity index (χ2n) is 6.08. The number of carbonyl (C=O) groups excluding carboxylic acids is 1. The number of ether oxygens (including phenoxy) is 1. The molecule has 6 nitrogen and oxygen atoms in total. The van der Waals surface area contributed by atoms with E-state index in [1.165, 1.54) is 25.3 Å². The quantitative estimate of drug-likeness (QED) is 0.682. The van der Waals surface area contributed by atoms with Crippen molar-refractivity contribution in [3.05, 3.63) is 23.8 Å². The number of rotatable bonds is 8. The lowest BCUT2D eigenvalue weighted by atomic mass is 10.2. The van der Waals surface area contributed by atoms with Gasteiger partial charge in [-0.15, -0.1) is 0 Å². The van der Waals surface area contributed by atoms with Crippen molar-refractivity contribution in [2.75, 3.05) is 26.0 Å². The molecule has 0 aliphatic carbocycles. The van der Waals surface area contributed by atoms with Gasteiger partial charge in [-0.3, -0.25) is 4.79 Å². The summed E-state index contributed by atoms with van der Waals surface area (Å²) >= 11 is 1.68. The summed E-state index contributed by atoms with van der Waals surface area (Å²) in [6.45, 7) is 8.80. The van der Waals surface area contributed by atoms with Crippen LogP contribution in [0.2, 0.25) is 0 Å². The molecule has 8 heteroatoms. The van der Waals surface area contributed by atoms with Gasteiger partial charge in [0.25, 0.3) is 5.91 Å². The Balaban J connectivity index is 2.91. The van der Waals surface area contributed by atoms with Gasteiger partial charge in [0.2, 0.25) is 10.0 Å². The van der Waals surface area contributed by atoms with Crippen molar-refractivity contribution in [1.29, 1.82) is 0 Å². The van der Waals surface area contributed by atoms with E-state index < -0.39 is 10.0 Å². The van der Waals surface area contributed by atoms with Gasteiger partial charge >= 0.3 is 0 Å². The maximum absolute atomic E-state index is 12.4. The number of methoxy groups -OCH3 is 1. The van der Waals surface area contributed by atoms with Crippen LogP contribution >= 0.6 is 11.8 Å². The number of hydrogen-bond donors (Lipinski definition) is 2. The monoisotopic (exact) mass is 374 g/mol. The lowest BCUT2D eigenvalue weighted by Crippen LogP contribution is -2.28. The number of sulfonamides is 1. The zero-order valence-electron chi connectivity index (χ0n) is 14.8. The van der Waals surface area contributed by atoms with E-state index >= 15 is 0 Å². The summed E-state index contributed by atoms with van der Waals surface area (Å²) < 4.78 is 32.6. The second kappa shape index (κ2) is 8.73. The van der Waals surface area contributed by atoms with Crippen LogP contribution in [0.4, 0.5) is 0 Å². The molecule has 0 unspecified atom stereocenters. The molecule has 0 heterocycles. The molecule has 0 aliphatic heterocycles. The minimum absolute atomic E-state index is 0.0466. The number of nitrogens with one attached hydrogen (secondary N) is 2. The molecule has 0 spiro atoms. The summed E-state index contributed by atoms with van der Waals surface area (Å²) in [5.74, 6) is 0.639. The Labute approximate surface area is 148 Å². The largest absolute Gasteiger partial charge is 0.496 e. The van der Waals surface area contributed by atoms with Crippen molar-refractivity contribution in [1.82, 2.24) is 10.0 Å². The number of thioether (sulfide) groups is 1. The average Bonchev–Trinajstić information content (AvgIpc) is 2.50. The zero-order chi connectivity index (χ0) is 18.4. The van der Waals surface area contributed by atoms with Crippen molar-refractivity contribution in [2.24, 2.45) is 0 Å². The molecule has 0 bridgehead atoms. The standard InChI is InChI=1S/C16H26N2O4S2/c1-6-17-15(19)13-11-12(7-8-14(13)22-5)24(20,21)18-9-10-23-16(2,3)4/h7-8,11,18H,6,9-10H2,1-5H3,(H,17,19). The molecule has 0 aromatic heterocycles. The van der Waals surface area contributed by atoms with E-state index in [1.54, 1.807) is 18.7 Å². The third kappa shape index (κ3) is 6.33. The summed E-state index contributed by atoms with van der Waals surface area (Å²) in [5.41, 5.74) is 0.200. The Morgan fingerprint density at radius 3 is 2.50 bits per heavy atom.